The molecule has 4 nitrogen and oxygen atoms in total. The number of benzene rings is 1. The lowest BCUT2D eigenvalue weighted by Crippen LogP contribution is -2.41. The second kappa shape index (κ2) is 8.30. The number of rotatable bonds is 6. The smallest absolute Gasteiger partial charge is 0.238 e. The zero-order chi connectivity index (χ0) is 15.9. The molecule has 1 aliphatic heterocycles. The van der Waals surface area contributed by atoms with Crippen LogP contribution in [0.3, 0.4) is 0 Å². The Labute approximate surface area is 134 Å². The highest BCUT2D eigenvalue weighted by Crippen LogP contribution is 2.18. The van der Waals surface area contributed by atoms with Crippen LogP contribution in [0.25, 0.3) is 0 Å². The Morgan fingerprint density at radius 3 is 2.68 bits per heavy atom. The SMILES string of the molecule is CCc1cccc(NC(=O)CN2CCC(CN(C)C)CC2)c1. The Kier molecular flexibility index (Phi) is 6.40. The Bertz CT molecular complexity index is 479. The highest BCUT2D eigenvalue weighted by Gasteiger charge is 2.21. The minimum Gasteiger partial charge on any atom is -0.325 e. The summed E-state index contributed by atoms with van der Waals surface area (Å²) in [5, 5.41) is 3.02. The van der Waals surface area contributed by atoms with Gasteiger partial charge in [-0.15, -0.1) is 0 Å². The number of carbonyl (C=O) groups excluding carboxylic acids is 1. The molecule has 1 aromatic rings. The minimum absolute atomic E-state index is 0.0966. The number of anilines is 1. The molecular formula is C18H29N3O. The zero-order valence-electron chi connectivity index (χ0n) is 14.1. The Balaban J connectivity index is 1.76. The molecule has 1 N–H and O–H groups in total. The summed E-state index contributed by atoms with van der Waals surface area (Å²) in [6.07, 6.45) is 3.37. The summed E-state index contributed by atoms with van der Waals surface area (Å²) in [6, 6.07) is 8.11. The third-order valence-electron chi connectivity index (χ3n) is 4.32. The van der Waals surface area contributed by atoms with Crippen LogP contribution in [0, 0.1) is 5.92 Å². The summed E-state index contributed by atoms with van der Waals surface area (Å²) < 4.78 is 0. The Morgan fingerprint density at radius 2 is 2.05 bits per heavy atom. The molecule has 1 aromatic carbocycles. The van der Waals surface area contributed by atoms with E-state index in [9.17, 15) is 4.79 Å². The fourth-order valence-electron chi connectivity index (χ4n) is 3.12. The van der Waals surface area contributed by atoms with E-state index in [1.807, 2.05) is 12.1 Å². The van der Waals surface area contributed by atoms with E-state index >= 15 is 0 Å². The van der Waals surface area contributed by atoms with Crippen molar-refractivity contribution in [2.75, 3.05) is 45.6 Å². The van der Waals surface area contributed by atoms with E-state index in [0.717, 1.165) is 37.7 Å². The number of aryl methyl sites for hydroxylation is 1. The Hall–Kier alpha value is -1.39. The molecule has 0 bridgehead atoms. The van der Waals surface area contributed by atoms with Crippen LogP contribution in [-0.4, -0.2) is 56.0 Å². The van der Waals surface area contributed by atoms with E-state index < -0.39 is 0 Å². The molecular weight excluding hydrogens is 274 g/mol. The van der Waals surface area contributed by atoms with Crippen LogP contribution in [-0.2, 0) is 11.2 Å². The van der Waals surface area contributed by atoms with Crippen LogP contribution in [0.15, 0.2) is 24.3 Å². The highest BCUT2D eigenvalue weighted by molar-refractivity contribution is 5.92. The maximum absolute atomic E-state index is 12.2. The van der Waals surface area contributed by atoms with Gasteiger partial charge >= 0.3 is 0 Å². The fraction of sp³-hybridized carbons (Fsp3) is 0.611. The van der Waals surface area contributed by atoms with Gasteiger partial charge in [-0.2, -0.15) is 0 Å². The second-order valence-electron chi connectivity index (χ2n) is 6.58. The molecule has 0 atom stereocenters. The van der Waals surface area contributed by atoms with Gasteiger partial charge in [-0.1, -0.05) is 19.1 Å². The van der Waals surface area contributed by atoms with E-state index in [1.54, 1.807) is 0 Å². The van der Waals surface area contributed by atoms with Gasteiger partial charge in [-0.25, -0.2) is 0 Å². The summed E-state index contributed by atoms with van der Waals surface area (Å²) in [6.45, 7) is 5.84. The van der Waals surface area contributed by atoms with Gasteiger partial charge in [-0.3, -0.25) is 9.69 Å². The lowest BCUT2D eigenvalue weighted by Gasteiger charge is -2.32. The van der Waals surface area contributed by atoms with Crippen molar-refractivity contribution in [3.63, 3.8) is 0 Å². The molecule has 1 heterocycles. The number of nitrogens with one attached hydrogen (secondary N) is 1. The van der Waals surface area contributed by atoms with E-state index in [-0.39, 0.29) is 5.91 Å². The number of piperidine rings is 1. The van der Waals surface area contributed by atoms with Gasteiger partial charge in [0.2, 0.25) is 5.91 Å². The van der Waals surface area contributed by atoms with Crippen LogP contribution in [0.1, 0.15) is 25.3 Å². The van der Waals surface area contributed by atoms with Crippen molar-refractivity contribution in [3.05, 3.63) is 29.8 Å². The normalized spacial score (nSPS) is 16.9. The highest BCUT2D eigenvalue weighted by atomic mass is 16.2. The van der Waals surface area contributed by atoms with Gasteiger partial charge in [0.25, 0.3) is 0 Å². The van der Waals surface area contributed by atoms with Gasteiger partial charge in [0.1, 0.15) is 0 Å². The molecule has 1 fully saturated rings. The summed E-state index contributed by atoms with van der Waals surface area (Å²) in [5.74, 6) is 0.870. The van der Waals surface area contributed by atoms with Crippen molar-refractivity contribution in [1.29, 1.82) is 0 Å². The fourth-order valence-corrected chi connectivity index (χ4v) is 3.12. The topological polar surface area (TPSA) is 35.6 Å². The molecule has 122 valence electrons. The molecule has 0 spiro atoms. The van der Waals surface area contributed by atoms with Crippen molar-refractivity contribution in [2.24, 2.45) is 5.92 Å². The number of carbonyl (C=O) groups is 1. The monoisotopic (exact) mass is 303 g/mol. The summed E-state index contributed by atoms with van der Waals surface area (Å²) >= 11 is 0. The minimum atomic E-state index is 0.0966. The van der Waals surface area contributed by atoms with Gasteiger partial charge in [0.15, 0.2) is 0 Å². The van der Waals surface area contributed by atoms with Crippen molar-refractivity contribution >= 4 is 11.6 Å². The van der Waals surface area contributed by atoms with Crippen molar-refractivity contribution in [2.45, 2.75) is 26.2 Å². The molecule has 1 aliphatic rings. The molecule has 1 saturated heterocycles. The van der Waals surface area contributed by atoms with E-state index in [4.69, 9.17) is 0 Å². The molecule has 4 heteroatoms. The van der Waals surface area contributed by atoms with Crippen molar-refractivity contribution in [1.82, 2.24) is 9.80 Å². The molecule has 0 unspecified atom stereocenters. The summed E-state index contributed by atoms with van der Waals surface area (Å²) in [7, 11) is 4.26. The molecule has 2 rings (SSSR count). The lowest BCUT2D eigenvalue weighted by atomic mass is 9.96. The first-order valence-electron chi connectivity index (χ1n) is 8.32. The predicted molar refractivity (Wildman–Crippen MR) is 92.2 cm³/mol. The number of nitrogens with zero attached hydrogens (tertiary/aromatic N) is 2. The average Bonchev–Trinajstić information content (AvgIpc) is 2.49. The molecule has 0 saturated carbocycles. The number of likely N-dealkylation sites (tertiary alicyclic amines) is 1. The zero-order valence-corrected chi connectivity index (χ0v) is 14.1. The van der Waals surface area contributed by atoms with Gasteiger partial charge < -0.3 is 10.2 Å². The first-order chi connectivity index (χ1) is 10.6. The van der Waals surface area contributed by atoms with E-state index in [2.05, 4.69) is 48.3 Å². The lowest BCUT2D eigenvalue weighted by molar-refractivity contribution is -0.117. The molecule has 0 aliphatic carbocycles. The van der Waals surface area contributed by atoms with E-state index in [0.29, 0.717) is 6.54 Å². The number of hydrogen-bond donors (Lipinski definition) is 1. The third-order valence-corrected chi connectivity index (χ3v) is 4.32. The van der Waals surface area contributed by atoms with Gasteiger partial charge in [0, 0.05) is 12.2 Å². The third kappa shape index (κ3) is 5.43. The first-order valence-corrected chi connectivity index (χ1v) is 8.32. The first kappa shape index (κ1) is 17.0. The van der Waals surface area contributed by atoms with Crippen LogP contribution in [0.2, 0.25) is 0 Å². The average molecular weight is 303 g/mol. The maximum Gasteiger partial charge on any atom is 0.238 e. The van der Waals surface area contributed by atoms with Crippen molar-refractivity contribution in [3.8, 4) is 0 Å². The van der Waals surface area contributed by atoms with Gasteiger partial charge in [-0.05, 0) is 70.1 Å². The number of amides is 1. The molecule has 1 amide bonds. The molecule has 0 radical (unpaired) electrons. The Morgan fingerprint density at radius 1 is 1.32 bits per heavy atom. The molecule has 0 aromatic heterocycles. The largest absolute Gasteiger partial charge is 0.325 e. The standard InChI is InChI=1S/C18H29N3O/c1-4-15-6-5-7-17(12-15)19-18(22)14-21-10-8-16(9-11-21)13-20(2)3/h5-7,12,16H,4,8-11,13-14H2,1-3H3,(H,19,22). The summed E-state index contributed by atoms with van der Waals surface area (Å²) in [5.41, 5.74) is 2.16. The number of hydrogen-bond acceptors (Lipinski definition) is 3. The van der Waals surface area contributed by atoms with Crippen LogP contribution < -0.4 is 5.32 Å². The van der Waals surface area contributed by atoms with Crippen LogP contribution >= 0.6 is 0 Å². The maximum atomic E-state index is 12.2. The quantitative estimate of drug-likeness (QED) is 0.877. The van der Waals surface area contributed by atoms with Gasteiger partial charge in [0.05, 0.1) is 6.54 Å². The second-order valence-corrected chi connectivity index (χ2v) is 6.58. The van der Waals surface area contributed by atoms with Crippen LogP contribution in [0.4, 0.5) is 5.69 Å². The van der Waals surface area contributed by atoms with Crippen molar-refractivity contribution < 1.29 is 4.79 Å². The molecule has 22 heavy (non-hydrogen) atoms. The van der Waals surface area contributed by atoms with E-state index in [1.165, 1.54) is 18.4 Å². The predicted octanol–water partition coefficient (Wildman–Crippen LogP) is 2.46. The van der Waals surface area contributed by atoms with Crippen LogP contribution in [0.5, 0.6) is 0 Å². The summed E-state index contributed by atoms with van der Waals surface area (Å²) in [4.78, 5) is 16.7.